The Bertz CT molecular complexity index is 641. The van der Waals surface area contributed by atoms with Gasteiger partial charge in [-0.05, 0) is 32.9 Å². The van der Waals surface area contributed by atoms with E-state index >= 15 is 0 Å². The van der Waals surface area contributed by atoms with Gasteiger partial charge < -0.3 is 10.2 Å². The first-order valence-corrected chi connectivity index (χ1v) is 8.04. The van der Waals surface area contributed by atoms with Gasteiger partial charge in [0, 0.05) is 42.6 Å². The molecule has 112 valence electrons. The molecule has 1 amide bonds. The molecule has 1 aliphatic heterocycles. The summed E-state index contributed by atoms with van der Waals surface area (Å²) in [7, 11) is 1.90. The molecule has 1 atom stereocenters. The zero-order valence-electron chi connectivity index (χ0n) is 12.6. The maximum Gasteiger partial charge on any atom is 0.255 e. The van der Waals surface area contributed by atoms with Crippen LogP contribution < -0.4 is 5.32 Å². The fraction of sp³-hybridized carbons (Fsp3) is 0.467. The Morgan fingerprint density at radius 3 is 2.95 bits per heavy atom. The molecule has 0 bridgehead atoms. The number of nitrogens with zero attached hydrogens (tertiary/aromatic N) is 3. The molecule has 3 rings (SSSR count). The van der Waals surface area contributed by atoms with Crippen LogP contribution in [0.5, 0.6) is 0 Å². The van der Waals surface area contributed by atoms with Crippen molar-refractivity contribution < 1.29 is 4.79 Å². The van der Waals surface area contributed by atoms with E-state index in [1.165, 1.54) is 0 Å². The van der Waals surface area contributed by atoms with Gasteiger partial charge in [-0.2, -0.15) is 0 Å². The van der Waals surface area contributed by atoms with Crippen LogP contribution in [0.3, 0.4) is 0 Å². The van der Waals surface area contributed by atoms with Crippen molar-refractivity contribution >= 4 is 17.2 Å². The topological polar surface area (TPSA) is 50.2 Å². The lowest BCUT2D eigenvalue weighted by Crippen LogP contribution is -2.38. The highest BCUT2D eigenvalue weighted by Gasteiger charge is 2.27. The molecule has 0 radical (unpaired) electrons. The van der Waals surface area contributed by atoms with Gasteiger partial charge in [0.05, 0.1) is 5.56 Å². The molecule has 0 aromatic carbocycles. The summed E-state index contributed by atoms with van der Waals surface area (Å²) >= 11 is 1.58. The number of likely N-dealkylation sites (N-methyl/N-ethyl adjacent to an activating group) is 1. The number of aryl methyl sites for hydroxylation is 1. The number of carbonyl (C=O) groups excluding carboxylic acids is 1. The summed E-state index contributed by atoms with van der Waals surface area (Å²) in [5.74, 6) is 0.0969. The molecular formula is C15H20N4OS. The van der Waals surface area contributed by atoms with Crippen LogP contribution in [0.25, 0.3) is 5.13 Å². The lowest BCUT2D eigenvalue weighted by atomic mass is 10.1. The maximum absolute atomic E-state index is 12.8. The first kappa shape index (κ1) is 14.3. The number of nitrogens with one attached hydrogen (secondary N) is 1. The molecule has 1 unspecified atom stereocenters. The fourth-order valence-corrected chi connectivity index (χ4v) is 3.68. The lowest BCUT2D eigenvalue weighted by molar-refractivity contribution is 0.0743. The molecule has 0 spiro atoms. The Labute approximate surface area is 128 Å². The minimum atomic E-state index is 0.0969. The zero-order valence-corrected chi connectivity index (χ0v) is 13.4. The molecule has 1 saturated heterocycles. The second kappa shape index (κ2) is 5.61. The summed E-state index contributed by atoms with van der Waals surface area (Å²) in [6, 6.07) is 2.26. The average molecular weight is 304 g/mol. The van der Waals surface area contributed by atoms with Gasteiger partial charge in [0.25, 0.3) is 5.91 Å². The highest BCUT2D eigenvalue weighted by Crippen LogP contribution is 2.24. The largest absolute Gasteiger partial charge is 0.337 e. The molecule has 3 heterocycles. The fourth-order valence-electron chi connectivity index (χ4n) is 2.93. The van der Waals surface area contributed by atoms with Gasteiger partial charge >= 0.3 is 0 Å². The smallest absolute Gasteiger partial charge is 0.255 e. The van der Waals surface area contributed by atoms with Crippen molar-refractivity contribution in [2.45, 2.75) is 26.3 Å². The number of carbonyl (C=O) groups is 1. The number of rotatable bonds is 3. The van der Waals surface area contributed by atoms with E-state index < -0.39 is 0 Å². The van der Waals surface area contributed by atoms with Gasteiger partial charge in [-0.25, -0.2) is 4.98 Å². The summed E-state index contributed by atoms with van der Waals surface area (Å²) < 4.78 is 2.05. The van der Waals surface area contributed by atoms with E-state index in [4.69, 9.17) is 0 Å². The standard InChI is InChI=1S/C15H20N4OS/c1-10-8-13(11(2)19(10)15-17-6-7-21-15)14(20)18(3)12-4-5-16-9-12/h6-8,12,16H,4-5,9H2,1-3H3. The van der Waals surface area contributed by atoms with Crippen molar-refractivity contribution in [3.05, 3.63) is 34.6 Å². The van der Waals surface area contributed by atoms with Gasteiger partial charge in [0.15, 0.2) is 5.13 Å². The number of aromatic nitrogens is 2. The van der Waals surface area contributed by atoms with Gasteiger partial charge in [-0.3, -0.25) is 9.36 Å². The van der Waals surface area contributed by atoms with Gasteiger partial charge in [-0.1, -0.05) is 0 Å². The lowest BCUT2D eigenvalue weighted by Gasteiger charge is -2.23. The van der Waals surface area contributed by atoms with Crippen molar-refractivity contribution in [2.75, 3.05) is 20.1 Å². The molecule has 2 aromatic rings. The first-order valence-electron chi connectivity index (χ1n) is 7.16. The monoisotopic (exact) mass is 304 g/mol. The molecule has 5 nitrogen and oxygen atoms in total. The van der Waals surface area contributed by atoms with Crippen LogP contribution in [0.2, 0.25) is 0 Å². The average Bonchev–Trinajstić information content (AvgIpc) is 3.18. The van der Waals surface area contributed by atoms with Crippen molar-refractivity contribution in [3.63, 3.8) is 0 Å². The van der Waals surface area contributed by atoms with E-state index in [1.54, 1.807) is 17.5 Å². The van der Waals surface area contributed by atoms with E-state index in [9.17, 15) is 4.79 Å². The third-order valence-corrected chi connectivity index (χ3v) is 4.93. The maximum atomic E-state index is 12.8. The predicted octanol–water partition coefficient (Wildman–Crippen LogP) is 1.98. The summed E-state index contributed by atoms with van der Waals surface area (Å²) in [4.78, 5) is 19.0. The van der Waals surface area contributed by atoms with Crippen LogP contribution in [-0.2, 0) is 0 Å². The molecule has 21 heavy (non-hydrogen) atoms. The third-order valence-electron chi connectivity index (χ3n) is 4.17. The Balaban J connectivity index is 1.92. The number of thiazole rings is 1. The normalized spacial score (nSPS) is 18.1. The molecule has 1 fully saturated rings. The van der Waals surface area contributed by atoms with E-state index in [0.717, 1.165) is 41.6 Å². The Morgan fingerprint density at radius 1 is 1.52 bits per heavy atom. The predicted molar refractivity (Wildman–Crippen MR) is 84.3 cm³/mol. The van der Waals surface area contributed by atoms with Crippen LogP contribution in [0.15, 0.2) is 17.6 Å². The Hall–Kier alpha value is -1.66. The number of hydrogen-bond acceptors (Lipinski definition) is 4. The van der Waals surface area contributed by atoms with Crippen LogP contribution in [0.1, 0.15) is 28.2 Å². The van der Waals surface area contributed by atoms with Gasteiger partial charge in [-0.15, -0.1) is 11.3 Å². The van der Waals surface area contributed by atoms with Crippen molar-refractivity contribution in [3.8, 4) is 5.13 Å². The van der Waals surface area contributed by atoms with Crippen molar-refractivity contribution in [1.82, 2.24) is 19.8 Å². The van der Waals surface area contributed by atoms with E-state index in [-0.39, 0.29) is 5.91 Å². The van der Waals surface area contributed by atoms with Crippen LogP contribution in [-0.4, -0.2) is 46.5 Å². The second-order valence-corrected chi connectivity index (χ2v) is 6.37. The van der Waals surface area contributed by atoms with Crippen LogP contribution in [0.4, 0.5) is 0 Å². The van der Waals surface area contributed by atoms with Crippen molar-refractivity contribution in [1.29, 1.82) is 0 Å². The Kier molecular flexibility index (Phi) is 3.82. The van der Waals surface area contributed by atoms with E-state index in [0.29, 0.717) is 6.04 Å². The minimum absolute atomic E-state index is 0.0969. The quantitative estimate of drug-likeness (QED) is 0.943. The third kappa shape index (κ3) is 2.49. The molecular weight excluding hydrogens is 284 g/mol. The van der Waals surface area contributed by atoms with Crippen molar-refractivity contribution in [2.24, 2.45) is 0 Å². The van der Waals surface area contributed by atoms with E-state index in [2.05, 4.69) is 14.9 Å². The molecule has 0 saturated carbocycles. The highest BCUT2D eigenvalue weighted by molar-refractivity contribution is 7.12. The minimum Gasteiger partial charge on any atom is -0.337 e. The molecule has 1 N–H and O–H groups in total. The summed E-state index contributed by atoms with van der Waals surface area (Å²) in [5, 5.41) is 6.17. The molecule has 0 aliphatic carbocycles. The zero-order chi connectivity index (χ0) is 15.0. The highest BCUT2D eigenvalue weighted by atomic mass is 32.1. The number of hydrogen-bond donors (Lipinski definition) is 1. The molecule has 2 aromatic heterocycles. The first-order chi connectivity index (χ1) is 10.1. The summed E-state index contributed by atoms with van der Waals surface area (Å²) in [5.41, 5.74) is 2.78. The molecule has 6 heteroatoms. The van der Waals surface area contributed by atoms with E-state index in [1.807, 2.05) is 37.2 Å². The van der Waals surface area contributed by atoms with Gasteiger partial charge in [0.1, 0.15) is 0 Å². The van der Waals surface area contributed by atoms with Crippen LogP contribution >= 0.6 is 11.3 Å². The summed E-state index contributed by atoms with van der Waals surface area (Å²) in [6.07, 6.45) is 2.81. The Morgan fingerprint density at radius 2 is 2.33 bits per heavy atom. The van der Waals surface area contributed by atoms with Crippen LogP contribution in [0, 0.1) is 13.8 Å². The summed E-state index contributed by atoms with van der Waals surface area (Å²) in [6.45, 7) is 5.87. The molecule has 1 aliphatic rings. The van der Waals surface area contributed by atoms with Gasteiger partial charge in [0.2, 0.25) is 0 Å². The number of amides is 1. The second-order valence-electron chi connectivity index (χ2n) is 5.50. The SMILES string of the molecule is Cc1cc(C(=O)N(C)C2CCNC2)c(C)n1-c1nccs1.